The van der Waals surface area contributed by atoms with Gasteiger partial charge < -0.3 is 23.8 Å². The van der Waals surface area contributed by atoms with Crippen LogP contribution in [0.25, 0.3) is 0 Å². The molecule has 2 saturated heterocycles. The Bertz CT molecular complexity index is 1420. The van der Waals surface area contributed by atoms with Gasteiger partial charge in [-0.15, -0.1) is 0 Å². The number of benzene rings is 2. The molecule has 51 heavy (non-hydrogen) atoms. The van der Waals surface area contributed by atoms with Crippen LogP contribution in [-0.2, 0) is 15.9 Å². The number of nitrogens with one attached hydrogen (secondary N) is 1. The van der Waals surface area contributed by atoms with E-state index in [1.165, 1.54) is 24.0 Å². The first-order valence-electron chi connectivity index (χ1n) is 19.2. The molecule has 284 valence electrons. The summed E-state index contributed by atoms with van der Waals surface area (Å²) in [6.07, 6.45) is 6.73. The van der Waals surface area contributed by atoms with Gasteiger partial charge in [0, 0.05) is 54.4 Å². The van der Waals surface area contributed by atoms with Crippen LogP contribution in [0, 0.1) is 17.8 Å². The standard InChI is InChI=1S/C41H61ClFN3O4S/c1-7-9-28(3)29(4)51(6)44-41(47)30-13-16-38(17-14-30)48-25-34(39-18-15-35(42)19-32(39)10-8-2)22-45(5)21-33-12-11-31(33)20-40-49-26-37(27-50-40)46-23-36(43)24-46/h13-19,28-29,31,33-34,36-37,40H,6-12,20-27H2,1-5H3,(H,44,47). The van der Waals surface area contributed by atoms with Crippen molar-refractivity contribution in [2.45, 2.75) is 102 Å². The number of likely N-dealkylation sites (tertiary alicyclic amines) is 1. The second-order valence-corrected chi connectivity index (χ2v) is 17.6. The highest BCUT2D eigenvalue weighted by molar-refractivity contribution is 8.13. The van der Waals surface area contributed by atoms with Crippen molar-refractivity contribution in [3.8, 4) is 5.75 Å². The minimum absolute atomic E-state index is 0.0941. The molecule has 2 heterocycles. The van der Waals surface area contributed by atoms with Crippen LogP contribution in [0.3, 0.4) is 0 Å². The molecule has 0 bridgehead atoms. The Labute approximate surface area is 314 Å². The number of alkyl halides is 1. The van der Waals surface area contributed by atoms with Crippen molar-refractivity contribution in [1.82, 2.24) is 14.5 Å². The SMILES string of the molecule is C=S(NC(=O)c1ccc(OCC(CN(C)CC2CCC2CC2OCC(N3CC(F)C3)CO2)c2ccc(Cl)cc2CCC)cc1)C(C)C(C)CCC. The van der Waals surface area contributed by atoms with Gasteiger partial charge in [0.1, 0.15) is 11.9 Å². The largest absolute Gasteiger partial charge is 0.493 e. The van der Waals surface area contributed by atoms with Gasteiger partial charge in [-0.05, 0) is 98.0 Å². The van der Waals surface area contributed by atoms with E-state index in [2.05, 4.69) is 67.3 Å². The molecule has 0 aromatic heterocycles. The topological polar surface area (TPSA) is 63.3 Å². The number of carbonyl (C=O) groups excluding carboxylic acids is 1. The average Bonchev–Trinajstić information content (AvgIpc) is 3.10. The van der Waals surface area contributed by atoms with E-state index in [9.17, 15) is 9.18 Å². The molecule has 6 unspecified atom stereocenters. The maximum absolute atomic E-state index is 13.3. The molecule has 2 aromatic rings. The Kier molecular flexibility index (Phi) is 15.2. The number of likely N-dealkylation sites (N-methyl/N-ethyl adjacent to an activating group) is 1. The van der Waals surface area contributed by atoms with Gasteiger partial charge in [0.15, 0.2) is 6.29 Å². The number of rotatable bonds is 19. The van der Waals surface area contributed by atoms with Crippen LogP contribution in [0.2, 0.25) is 5.02 Å². The van der Waals surface area contributed by atoms with E-state index >= 15 is 0 Å². The van der Waals surface area contributed by atoms with Gasteiger partial charge in [0.25, 0.3) is 5.91 Å². The number of halogens is 2. The lowest BCUT2D eigenvalue weighted by Gasteiger charge is -2.45. The Morgan fingerprint density at radius 1 is 1.10 bits per heavy atom. The third kappa shape index (κ3) is 11.2. The molecule has 0 radical (unpaired) electrons. The molecular weight excluding hydrogens is 685 g/mol. The van der Waals surface area contributed by atoms with Crippen molar-refractivity contribution >= 4 is 34.0 Å². The average molecular weight is 746 g/mol. The van der Waals surface area contributed by atoms with Crippen LogP contribution in [-0.4, -0.2) is 98.4 Å². The maximum atomic E-state index is 13.3. The van der Waals surface area contributed by atoms with Crippen LogP contribution in [0.5, 0.6) is 5.75 Å². The van der Waals surface area contributed by atoms with Gasteiger partial charge in [-0.2, -0.15) is 0 Å². The minimum Gasteiger partial charge on any atom is -0.493 e. The van der Waals surface area contributed by atoms with Gasteiger partial charge >= 0.3 is 0 Å². The van der Waals surface area contributed by atoms with Crippen LogP contribution in [0.4, 0.5) is 4.39 Å². The molecule has 1 N–H and O–H groups in total. The number of nitrogens with zero attached hydrogens (tertiary/aromatic N) is 2. The van der Waals surface area contributed by atoms with E-state index in [0.29, 0.717) is 61.5 Å². The summed E-state index contributed by atoms with van der Waals surface area (Å²) in [5.74, 6) is 6.74. The number of amides is 1. The predicted molar refractivity (Wildman–Crippen MR) is 210 cm³/mol. The van der Waals surface area contributed by atoms with Crippen molar-refractivity contribution < 1.29 is 23.4 Å². The summed E-state index contributed by atoms with van der Waals surface area (Å²) >= 11 is 6.47. The van der Waals surface area contributed by atoms with Crippen molar-refractivity contribution in [2.24, 2.45) is 17.8 Å². The van der Waals surface area contributed by atoms with Crippen LogP contribution in [0.1, 0.15) is 93.6 Å². The van der Waals surface area contributed by atoms with E-state index in [1.54, 1.807) is 0 Å². The zero-order valence-electron chi connectivity index (χ0n) is 31.5. The van der Waals surface area contributed by atoms with Crippen LogP contribution >= 0.6 is 22.3 Å². The van der Waals surface area contributed by atoms with E-state index in [4.69, 9.17) is 25.8 Å². The molecule has 3 fully saturated rings. The van der Waals surface area contributed by atoms with Crippen molar-refractivity contribution in [2.75, 3.05) is 53.0 Å². The highest BCUT2D eigenvalue weighted by Gasteiger charge is 2.39. The Balaban J connectivity index is 1.16. The van der Waals surface area contributed by atoms with Crippen LogP contribution < -0.4 is 9.46 Å². The molecule has 0 spiro atoms. The van der Waals surface area contributed by atoms with Crippen molar-refractivity contribution in [3.05, 3.63) is 64.2 Å². The molecule has 1 saturated carbocycles. The first-order chi connectivity index (χ1) is 24.5. The first kappa shape index (κ1) is 40.2. The Hall–Kier alpha value is -2.01. The third-order valence-electron chi connectivity index (χ3n) is 11.3. The lowest BCUT2D eigenvalue weighted by atomic mass is 9.71. The fourth-order valence-electron chi connectivity index (χ4n) is 7.76. The third-order valence-corrected chi connectivity index (χ3v) is 13.4. The zero-order valence-corrected chi connectivity index (χ0v) is 33.0. The second-order valence-electron chi connectivity index (χ2n) is 15.3. The monoisotopic (exact) mass is 745 g/mol. The van der Waals surface area contributed by atoms with Crippen molar-refractivity contribution in [3.63, 3.8) is 0 Å². The summed E-state index contributed by atoms with van der Waals surface area (Å²) in [5.41, 5.74) is 3.17. The highest BCUT2D eigenvalue weighted by Crippen LogP contribution is 2.40. The number of hydrogen-bond acceptors (Lipinski definition) is 6. The summed E-state index contributed by atoms with van der Waals surface area (Å²) in [6.45, 7) is 13.4. The zero-order chi connectivity index (χ0) is 36.5. The quantitative estimate of drug-likeness (QED) is 0.146. The summed E-state index contributed by atoms with van der Waals surface area (Å²) in [5, 5.41) is 1.08. The molecule has 3 aliphatic rings. The van der Waals surface area contributed by atoms with Crippen molar-refractivity contribution in [1.29, 1.82) is 0 Å². The second kappa shape index (κ2) is 19.4. The van der Waals surface area contributed by atoms with Crippen LogP contribution in [0.15, 0.2) is 42.5 Å². The molecule has 2 aliphatic heterocycles. The normalized spacial score (nSPS) is 25.0. The van der Waals surface area contributed by atoms with E-state index in [0.717, 1.165) is 56.0 Å². The maximum Gasteiger partial charge on any atom is 0.260 e. The minimum atomic E-state index is -0.703. The first-order valence-corrected chi connectivity index (χ1v) is 21.0. The molecule has 10 heteroatoms. The van der Waals surface area contributed by atoms with Gasteiger partial charge in [0.05, 0.1) is 25.9 Å². The fraction of sp³-hybridized carbons (Fsp3) is 0.659. The summed E-state index contributed by atoms with van der Waals surface area (Å²) in [7, 11) is 1.76. The molecule has 1 aliphatic carbocycles. The molecule has 1 amide bonds. The molecule has 5 rings (SSSR count). The van der Waals surface area contributed by atoms with E-state index in [-0.39, 0.29) is 24.2 Å². The van der Waals surface area contributed by atoms with Gasteiger partial charge in [0.2, 0.25) is 0 Å². The van der Waals surface area contributed by atoms with Gasteiger partial charge in [-0.3, -0.25) is 9.69 Å². The van der Waals surface area contributed by atoms with E-state index in [1.807, 2.05) is 30.3 Å². The molecule has 7 nitrogen and oxygen atoms in total. The Morgan fingerprint density at radius 2 is 1.80 bits per heavy atom. The molecule has 2 aromatic carbocycles. The lowest BCUT2D eigenvalue weighted by Crippen LogP contribution is -2.58. The lowest BCUT2D eigenvalue weighted by molar-refractivity contribution is -0.224. The van der Waals surface area contributed by atoms with Gasteiger partial charge in [-0.25, -0.2) is 4.39 Å². The summed E-state index contributed by atoms with van der Waals surface area (Å²) in [6, 6.07) is 13.9. The van der Waals surface area contributed by atoms with Gasteiger partial charge in [-0.1, -0.05) is 74.7 Å². The summed E-state index contributed by atoms with van der Waals surface area (Å²) < 4.78 is 35.1. The predicted octanol–water partition coefficient (Wildman–Crippen LogP) is 8.37. The van der Waals surface area contributed by atoms with E-state index < -0.39 is 16.8 Å². The number of hydrogen-bond donors (Lipinski definition) is 1. The fourth-order valence-corrected chi connectivity index (χ4v) is 9.19. The number of aryl methyl sites for hydroxylation is 1. The molecule has 6 atom stereocenters. The Morgan fingerprint density at radius 3 is 2.43 bits per heavy atom. The highest BCUT2D eigenvalue weighted by atomic mass is 35.5. The number of carbonyl (C=O) groups is 1. The smallest absolute Gasteiger partial charge is 0.260 e. The summed E-state index contributed by atoms with van der Waals surface area (Å²) in [4.78, 5) is 17.6. The molecular formula is C41H61ClFN3O4S. The number of ether oxygens (including phenoxy) is 3.